The van der Waals surface area contributed by atoms with Gasteiger partial charge in [0.05, 0.1) is 24.4 Å². The van der Waals surface area contributed by atoms with Crippen LogP contribution in [0.4, 0.5) is 18.3 Å². The van der Waals surface area contributed by atoms with E-state index in [0.29, 0.717) is 39.0 Å². The lowest BCUT2D eigenvalue weighted by Gasteiger charge is -2.38. The first kappa shape index (κ1) is 21.2. The largest absolute Gasteiger partial charge is 0.497 e. The van der Waals surface area contributed by atoms with E-state index in [1.165, 1.54) is 7.11 Å². The maximum atomic E-state index is 14.3. The number of methoxy groups -OCH3 is 1. The van der Waals surface area contributed by atoms with Crippen molar-refractivity contribution >= 4 is 33.8 Å². The minimum absolute atomic E-state index is 0.0354. The first-order valence-electron chi connectivity index (χ1n) is 9.79. The molecule has 2 unspecified atom stereocenters. The maximum Gasteiger partial charge on any atom is 0.439 e. The summed E-state index contributed by atoms with van der Waals surface area (Å²) in [5.41, 5.74) is -0.374. The van der Waals surface area contributed by atoms with E-state index in [1.54, 1.807) is 47.8 Å². The van der Waals surface area contributed by atoms with Gasteiger partial charge in [-0.2, -0.15) is 23.3 Å². The van der Waals surface area contributed by atoms with Gasteiger partial charge in [0.15, 0.2) is 0 Å². The third-order valence-corrected chi connectivity index (χ3v) is 6.94. The smallest absolute Gasteiger partial charge is 0.439 e. The summed E-state index contributed by atoms with van der Waals surface area (Å²) in [5, 5.41) is 18.2. The number of fused-ring (bicyclic) bond motifs is 3. The molecule has 0 saturated heterocycles. The Bertz CT molecular complexity index is 1210. The number of aromatic nitrogens is 1. The zero-order chi connectivity index (χ0) is 22.7. The van der Waals surface area contributed by atoms with Gasteiger partial charge in [-0.05, 0) is 48.7 Å². The minimum atomic E-state index is -4.95. The number of thiazole rings is 1. The number of rotatable bonds is 3. The van der Waals surface area contributed by atoms with Crippen LogP contribution in [0.15, 0.2) is 52.9 Å². The van der Waals surface area contributed by atoms with E-state index in [1.807, 2.05) is 0 Å². The molecule has 5 nitrogen and oxygen atoms in total. The molecule has 5 rings (SSSR count). The second-order valence-corrected chi connectivity index (χ2v) is 8.93. The molecule has 2 aliphatic rings. The van der Waals surface area contributed by atoms with Gasteiger partial charge in [-0.25, -0.2) is 4.98 Å². The first-order valence-corrected chi connectivity index (χ1v) is 11.0. The van der Waals surface area contributed by atoms with Crippen LogP contribution in [0, 0.1) is 5.92 Å². The number of ether oxygens (including phenoxy) is 1. The minimum Gasteiger partial charge on any atom is -0.497 e. The standard InChI is InChI=1S/C22H17ClF3N3O2S/c1-31-15-7-8-16-13(10-15)4-9-17-19(16)28-29(21(17,30)22(24,25)26)20-27-18(11-32-20)12-2-5-14(23)6-3-12/h2-3,5-8,10-11,17,30H,4,9H2,1H3. The van der Waals surface area contributed by atoms with Crippen molar-refractivity contribution in [1.82, 2.24) is 4.98 Å². The lowest BCUT2D eigenvalue weighted by molar-refractivity contribution is -0.268. The predicted octanol–water partition coefficient (Wildman–Crippen LogP) is 5.51. The summed E-state index contributed by atoms with van der Waals surface area (Å²) in [5.74, 6) is -0.609. The summed E-state index contributed by atoms with van der Waals surface area (Å²) < 4.78 is 48.1. The van der Waals surface area contributed by atoms with Crippen molar-refractivity contribution in [2.24, 2.45) is 11.0 Å². The Balaban J connectivity index is 1.60. The lowest BCUT2D eigenvalue weighted by Crippen LogP contribution is -2.60. The van der Waals surface area contributed by atoms with E-state index in [9.17, 15) is 18.3 Å². The van der Waals surface area contributed by atoms with E-state index in [4.69, 9.17) is 16.3 Å². The van der Waals surface area contributed by atoms with Gasteiger partial charge in [0, 0.05) is 21.5 Å². The van der Waals surface area contributed by atoms with E-state index < -0.39 is 17.8 Å². The Morgan fingerprint density at radius 3 is 2.66 bits per heavy atom. The third-order valence-electron chi connectivity index (χ3n) is 5.87. The van der Waals surface area contributed by atoms with E-state index >= 15 is 0 Å². The van der Waals surface area contributed by atoms with Crippen LogP contribution in [0.2, 0.25) is 5.02 Å². The summed E-state index contributed by atoms with van der Waals surface area (Å²) in [6.07, 6.45) is -4.48. The molecule has 3 aromatic rings. The summed E-state index contributed by atoms with van der Waals surface area (Å²) in [6.45, 7) is 0. The van der Waals surface area contributed by atoms with Gasteiger partial charge < -0.3 is 9.84 Å². The van der Waals surface area contributed by atoms with Crippen LogP contribution in [-0.4, -0.2) is 34.8 Å². The molecule has 1 aliphatic carbocycles. The Labute approximate surface area is 190 Å². The highest BCUT2D eigenvalue weighted by Gasteiger charge is 2.68. The SMILES string of the molecule is COc1ccc2c(c1)CCC1C2=NN(c2nc(-c3ccc(Cl)cc3)cs2)C1(O)C(F)(F)F. The van der Waals surface area contributed by atoms with Crippen molar-refractivity contribution in [1.29, 1.82) is 0 Å². The number of aliphatic hydroxyl groups is 1. The number of aryl methyl sites for hydroxylation is 1. The second-order valence-electron chi connectivity index (χ2n) is 7.66. The van der Waals surface area contributed by atoms with Gasteiger partial charge in [0.1, 0.15) is 5.75 Å². The van der Waals surface area contributed by atoms with Crippen molar-refractivity contribution < 1.29 is 23.0 Å². The number of hydrogen-bond donors (Lipinski definition) is 1. The van der Waals surface area contributed by atoms with Crippen LogP contribution >= 0.6 is 22.9 Å². The maximum absolute atomic E-state index is 14.3. The fourth-order valence-electron chi connectivity index (χ4n) is 4.25. The Morgan fingerprint density at radius 1 is 1.22 bits per heavy atom. The summed E-state index contributed by atoms with van der Waals surface area (Å²) in [4.78, 5) is 4.36. The summed E-state index contributed by atoms with van der Waals surface area (Å²) in [7, 11) is 1.53. The van der Waals surface area contributed by atoms with E-state index in [2.05, 4.69) is 10.1 Å². The lowest BCUT2D eigenvalue weighted by atomic mass is 9.77. The van der Waals surface area contributed by atoms with Gasteiger partial charge >= 0.3 is 6.18 Å². The van der Waals surface area contributed by atoms with Gasteiger partial charge in [0.2, 0.25) is 5.13 Å². The van der Waals surface area contributed by atoms with Crippen LogP contribution in [0.25, 0.3) is 11.3 Å². The average molecular weight is 480 g/mol. The zero-order valence-electron chi connectivity index (χ0n) is 16.7. The number of halogens is 4. The predicted molar refractivity (Wildman–Crippen MR) is 117 cm³/mol. The highest BCUT2D eigenvalue weighted by molar-refractivity contribution is 7.14. The molecule has 10 heteroatoms. The van der Waals surface area contributed by atoms with Gasteiger partial charge in [0.25, 0.3) is 5.72 Å². The van der Waals surface area contributed by atoms with Crippen LogP contribution in [-0.2, 0) is 6.42 Å². The van der Waals surface area contributed by atoms with Gasteiger partial charge in [-0.15, -0.1) is 11.3 Å². The van der Waals surface area contributed by atoms with Crippen molar-refractivity contribution in [3.63, 3.8) is 0 Å². The Kier molecular flexibility index (Phi) is 4.96. The molecule has 0 bridgehead atoms. The molecule has 1 N–H and O–H groups in total. The topological polar surface area (TPSA) is 58.0 Å². The van der Waals surface area contributed by atoms with Crippen molar-refractivity contribution in [2.45, 2.75) is 24.7 Å². The molecular weight excluding hydrogens is 463 g/mol. The molecule has 0 spiro atoms. The highest BCUT2D eigenvalue weighted by atomic mass is 35.5. The Morgan fingerprint density at radius 2 is 1.97 bits per heavy atom. The van der Waals surface area contributed by atoms with Crippen molar-refractivity contribution in [2.75, 3.05) is 12.1 Å². The van der Waals surface area contributed by atoms with E-state index in [0.717, 1.165) is 16.9 Å². The van der Waals surface area contributed by atoms with Crippen LogP contribution in [0.3, 0.4) is 0 Å². The summed E-state index contributed by atoms with van der Waals surface area (Å²) in [6, 6.07) is 12.0. The van der Waals surface area contributed by atoms with Gasteiger partial charge in [-0.3, -0.25) is 0 Å². The molecule has 0 saturated carbocycles. The number of alkyl halides is 3. The normalized spacial score (nSPS) is 22.4. The highest BCUT2D eigenvalue weighted by Crippen LogP contribution is 2.51. The third kappa shape index (κ3) is 3.18. The monoisotopic (exact) mass is 479 g/mol. The zero-order valence-corrected chi connectivity index (χ0v) is 18.3. The number of nitrogens with zero attached hydrogens (tertiary/aromatic N) is 3. The van der Waals surface area contributed by atoms with Crippen LogP contribution in [0.1, 0.15) is 17.5 Å². The molecule has 166 valence electrons. The number of benzene rings is 2. The molecular formula is C22H17ClF3N3O2S. The summed E-state index contributed by atoms with van der Waals surface area (Å²) >= 11 is 6.91. The number of hydrogen-bond acceptors (Lipinski definition) is 6. The molecule has 1 aliphatic heterocycles. The van der Waals surface area contributed by atoms with E-state index in [-0.39, 0.29) is 17.3 Å². The number of anilines is 1. The number of hydrazone groups is 1. The average Bonchev–Trinajstić information content (AvgIpc) is 3.37. The molecule has 2 aromatic carbocycles. The first-order chi connectivity index (χ1) is 15.2. The fraction of sp³-hybridized carbons (Fsp3) is 0.273. The quantitative estimate of drug-likeness (QED) is 0.538. The molecule has 1 aromatic heterocycles. The second kappa shape index (κ2) is 7.47. The van der Waals surface area contributed by atoms with Crippen LogP contribution < -0.4 is 9.75 Å². The Hall–Kier alpha value is -2.62. The fourth-order valence-corrected chi connectivity index (χ4v) is 5.21. The molecule has 32 heavy (non-hydrogen) atoms. The van der Waals surface area contributed by atoms with Crippen molar-refractivity contribution in [3.05, 3.63) is 64.0 Å². The van der Waals surface area contributed by atoms with Crippen molar-refractivity contribution in [3.8, 4) is 17.0 Å². The van der Waals surface area contributed by atoms with Crippen LogP contribution in [0.5, 0.6) is 5.75 Å². The molecule has 0 fully saturated rings. The molecule has 0 radical (unpaired) electrons. The molecule has 2 heterocycles. The molecule has 0 amide bonds. The molecule has 2 atom stereocenters. The van der Waals surface area contributed by atoms with Gasteiger partial charge in [-0.1, -0.05) is 23.7 Å².